The molecule has 2 aromatic carbocycles. The van der Waals surface area contributed by atoms with E-state index in [0.717, 1.165) is 16.5 Å². The Morgan fingerprint density at radius 1 is 1.25 bits per heavy atom. The Hall–Kier alpha value is -4.19. The zero-order chi connectivity index (χ0) is 22.7. The third kappa shape index (κ3) is 4.44. The number of carbonyl (C=O) groups is 1. The van der Waals surface area contributed by atoms with Gasteiger partial charge in [-0.2, -0.15) is 15.3 Å². The van der Waals surface area contributed by atoms with Crippen molar-refractivity contribution in [3.05, 3.63) is 48.2 Å². The summed E-state index contributed by atoms with van der Waals surface area (Å²) >= 11 is 0. The van der Waals surface area contributed by atoms with E-state index in [2.05, 4.69) is 21.3 Å². The average Bonchev–Trinajstić information content (AvgIpc) is 3.41. The Bertz CT molecular complexity index is 1320. The number of nitrogens with zero attached hydrogens (tertiary/aromatic N) is 5. The average molecular weight is 431 g/mol. The lowest BCUT2D eigenvalue weighted by Crippen LogP contribution is -2.06. The predicted octanol–water partition coefficient (Wildman–Crippen LogP) is 4.28. The van der Waals surface area contributed by atoms with Crippen molar-refractivity contribution >= 4 is 16.9 Å². The van der Waals surface area contributed by atoms with Crippen LogP contribution in [0.2, 0.25) is 0 Å². The molecule has 0 saturated heterocycles. The van der Waals surface area contributed by atoms with Gasteiger partial charge in [-0.3, -0.25) is 9.48 Å². The van der Waals surface area contributed by atoms with E-state index in [1.807, 2.05) is 32.0 Å². The molecule has 32 heavy (non-hydrogen) atoms. The number of aliphatic carboxylic acids is 1. The van der Waals surface area contributed by atoms with E-state index >= 15 is 0 Å². The molecular formula is C23H21N5O4. The lowest BCUT2D eigenvalue weighted by molar-refractivity contribution is -0.137. The number of hydrogen-bond donors (Lipinski definition) is 1. The van der Waals surface area contributed by atoms with Crippen LogP contribution in [0.4, 0.5) is 0 Å². The highest BCUT2D eigenvalue weighted by Gasteiger charge is 2.15. The molecule has 0 spiro atoms. The highest BCUT2D eigenvalue weighted by Crippen LogP contribution is 2.29. The van der Waals surface area contributed by atoms with Crippen LogP contribution in [-0.4, -0.2) is 37.1 Å². The van der Waals surface area contributed by atoms with Crippen molar-refractivity contribution in [1.29, 1.82) is 5.26 Å². The monoisotopic (exact) mass is 431 g/mol. The van der Waals surface area contributed by atoms with Gasteiger partial charge < -0.3 is 14.4 Å². The van der Waals surface area contributed by atoms with Gasteiger partial charge in [-0.1, -0.05) is 5.16 Å². The quantitative estimate of drug-likeness (QED) is 0.438. The number of benzene rings is 2. The van der Waals surface area contributed by atoms with Crippen molar-refractivity contribution in [2.24, 2.45) is 0 Å². The topological polar surface area (TPSA) is 127 Å². The highest BCUT2D eigenvalue weighted by atomic mass is 16.5. The van der Waals surface area contributed by atoms with Gasteiger partial charge in [0.1, 0.15) is 11.8 Å². The molecule has 0 aliphatic heterocycles. The minimum atomic E-state index is -0.819. The Kier molecular flexibility index (Phi) is 5.85. The van der Waals surface area contributed by atoms with E-state index in [0.29, 0.717) is 41.6 Å². The molecule has 0 amide bonds. The second-order valence-electron chi connectivity index (χ2n) is 7.55. The molecule has 0 bridgehead atoms. The molecule has 9 nitrogen and oxygen atoms in total. The SMILES string of the molecule is CC(C)Oc1ccc(-c2nc(-c3ccc4c(cnn4CCCC(=O)O)c3)no2)cc1C#N. The Labute approximate surface area is 183 Å². The van der Waals surface area contributed by atoms with E-state index in [-0.39, 0.29) is 12.5 Å². The molecule has 0 atom stereocenters. The summed E-state index contributed by atoms with van der Waals surface area (Å²) < 4.78 is 12.9. The van der Waals surface area contributed by atoms with Crippen LogP contribution in [0, 0.1) is 11.3 Å². The van der Waals surface area contributed by atoms with Gasteiger partial charge in [-0.25, -0.2) is 0 Å². The van der Waals surface area contributed by atoms with Crippen molar-refractivity contribution in [3.63, 3.8) is 0 Å². The van der Waals surface area contributed by atoms with E-state index in [1.165, 1.54) is 0 Å². The van der Waals surface area contributed by atoms with Gasteiger partial charge in [-0.15, -0.1) is 0 Å². The molecule has 0 aliphatic carbocycles. The van der Waals surface area contributed by atoms with Crippen LogP contribution >= 0.6 is 0 Å². The molecule has 9 heteroatoms. The Morgan fingerprint density at radius 3 is 2.81 bits per heavy atom. The summed E-state index contributed by atoms with van der Waals surface area (Å²) in [4.78, 5) is 15.2. The third-order valence-electron chi connectivity index (χ3n) is 4.80. The lowest BCUT2D eigenvalue weighted by atomic mass is 10.1. The first-order valence-corrected chi connectivity index (χ1v) is 10.2. The van der Waals surface area contributed by atoms with Crippen LogP contribution in [0.5, 0.6) is 5.75 Å². The third-order valence-corrected chi connectivity index (χ3v) is 4.80. The van der Waals surface area contributed by atoms with Gasteiger partial charge in [0, 0.05) is 29.5 Å². The summed E-state index contributed by atoms with van der Waals surface area (Å²) in [6, 6.07) is 13.0. The van der Waals surface area contributed by atoms with E-state index in [4.69, 9.17) is 14.4 Å². The number of aryl methyl sites for hydroxylation is 1. The maximum absolute atomic E-state index is 10.7. The maximum Gasteiger partial charge on any atom is 0.303 e. The largest absolute Gasteiger partial charge is 0.490 e. The van der Waals surface area contributed by atoms with Crippen molar-refractivity contribution in [2.75, 3.05) is 0 Å². The second kappa shape index (κ2) is 8.89. The summed E-state index contributed by atoms with van der Waals surface area (Å²) in [5.41, 5.74) is 2.69. The number of aromatic nitrogens is 4. The first-order chi connectivity index (χ1) is 15.4. The highest BCUT2D eigenvalue weighted by molar-refractivity contribution is 5.83. The molecule has 0 unspecified atom stereocenters. The van der Waals surface area contributed by atoms with Crippen molar-refractivity contribution in [2.45, 2.75) is 39.3 Å². The van der Waals surface area contributed by atoms with Crippen LogP contribution in [0.25, 0.3) is 33.7 Å². The smallest absolute Gasteiger partial charge is 0.303 e. The normalized spacial score (nSPS) is 11.1. The van der Waals surface area contributed by atoms with E-state index in [1.54, 1.807) is 29.1 Å². The van der Waals surface area contributed by atoms with Crippen LogP contribution in [0.1, 0.15) is 32.3 Å². The first-order valence-electron chi connectivity index (χ1n) is 10.2. The van der Waals surface area contributed by atoms with Gasteiger partial charge in [0.15, 0.2) is 0 Å². The number of fused-ring (bicyclic) bond motifs is 1. The van der Waals surface area contributed by atoms with Gasteiger partial charge in [-0.05, 0) is 56.7 Å². The van der Waals surface area contributed by atoms with E-state index in [9.17, 15) is 10.1 Å². The Morgan fingerprint density at radius 2 is 2.06 bits per heavy atom. The number of nitriles is 1. The number of ether oxygens (including phenoxy) is 1. The number of rotatable bonds is 8. The lowest BCUT2D eigenvalue weighted by Gasteiger charge is -2.11. The maximum atomic E-state index is 10.7. The zero-order valence-corrected chi connectivity index (χ0v) is 17.6. The predicted molar refractivity (Wildman–Crippen MR) is 116 cm³/mol. The first kappa shape index (κ1) is 21.1. The van der Waals surface area contributed by atoms with Gasteiger partial charge in [0.25, 0.3) is 5.89 Å². The minimum absolute atomic E-state index is 0.0422. The van der Waals surface area contributed by atoms with Gasteiger partial charge in [0.05, 0.1) is 23.4 Å². The molecule has 162 valence electrons. The number of carboxylic acid groups (broad SMARTS) is 1. The van der Waals surface area contributed by atoms with Crippen LogP contribution in [-0.2, 0) is 11.3 Å². The molecule has 1 N–H and O–H groups in total. The summed E-state index contributed by atoms with van der Waals surface area (Å²) in [5, 5.41) is 27.6. The number of hydrogen-bond acceptors (Lipinski definition) is 7. The summed E-state index contributed by atoms with van der Waals surface area (Å²) in [6.07, 6.45) is 2.30. The zero-order valence-electron chi connectivity index (χ0n) is 17.6. The molecule has 0 radical (unpaired) electrons. The summed E-state index contributed by atoms with van der Waals surface area (Å²) in [6.45, 7) is 4.32. The molecule has 4 rings (SSSR count). The van der Waals surface area contributed by atoms with Gasteiger partial charge >= 0.3 is 5.97 Å². The standard InChI is InChI=1S/C23H21N5O4/c1-14(2)31-20-8-6-16(11-17(20)12-24)23-26-22(27-32-23)15-5-7-19-18(10-15)13-25-28(19)9-3-4-21(29)30/h5-8,10-11,13-14H,3-4,9H2,1-2H3,(H,29,30). The molecular weight excluding hydrogens is 410 g/mol. The van der Waals surface area contributed by atoms with Crippen molar-refractivity contribution < 1.29 is 19.2 Å². The molecule has 4 aromatic rings. The fourth-order valence-electron chi connectivity index (χ4n) is 3.35. The number of carboxylic acids is 1. The summed E-state index contributed by atoms with van der Waals surface area (Å²) in [5.74, 6) is 0.413. The fourth-order valence-corrected chi connectivity index (χ4v) is 3.35. The Balaban J connectivity index is 1.57. The van der Waals surface area contributed by atoms with Gasteiger partial charge in [0.2, 0.25) is 5.82 Å². The molecule has 0 fully saturated rings. The second-order valence-corrected chi connectivity index (χ2v) is 7.55. The van der Waals surface area contributed by atoms with Crippen LogP contribution in [0.3, 0.4) is 0 Å². The van der Waals surface area contributed by atoms with Crippen LogP contribution in [0.15, 0.2) is 47.1 Å². The van der Waals surface area contributed by atoms with Crippen molar-refractivity contribution in [3.8, 4) is 34.7 Å². The minimum Gasteiger partial charge on any atom is -0.490 e. The fraction of sp³-hybridized carbons (Fsp3) is 0.261. The molecule has 2 aromatic heterocycles. The summed E-state index contributed by atoms with van der Waals surface area (Å²) in [7, 11) is 0. The van der Waals surface area contributed by atoms with E-state index < -0.39 is 5.97 Å². The molecule has 0 aliphatic rings. The van der Waals surface area contributed by atoms with Crippen molar-refractivity contribution in [1.82, 2.24) is 19.9 Å². The molecule has 2 heterocycles. The molecule has 0 saturated carbocycles. The van der Waals surface area contributed by atoms with Crippen LogP contribution < -0.4 is 4.74 Å².